The van der Waals surface area contributed by atoms with Gasteiger partial charge in [0.1, 0.15) is 0 Å². The van der Waals surface area contributed by atoms with E-state index in [4.69, 9.17) is 9.15 Å². The highest BCUT2D eigenvalue weighted by Gasteiger charge is 2.26. The number of carbonyl (C=O) groups is 1. The average molecular weight is 342 g/mol. The summed E-state index contributed by atoms with van der Waals surface area (Å²) >= 11 is 0. The van der Waals surface area contributed by atoms with Crippen LogP contribution in [0.15, 0.2) is 65.3 Å². The smallest absolute Gasteiger partial charge is 0.300 e. The maximum absolute atomic E-state index is 10.7. The summed E-state index contributed by atoms with van der Waals surface area (Å²) < 4.78 is 10.3. The number of furan rings is 1. The first kappa shape index (κ1) is 15.2. The van der Waals surface area contributed by atoms with Gasteiger partial charge in [0.25, 0.3) is 5.95 Å². The van der Waals surface area contributed by atoms with Gasteiger partial charge in [-0.1, -0.05) is 48.5 Å². The molecule has 4 aromatic rings. The lowest BCUT2D eigenvalue weighted by atomic mass is 9.78. The minimum Gasteiger partial charge on any atom is -0.434 e. The second-order valence-corrected chi connectivity index (χ2v) is 6.90. The van der Waals surface area contributed by atoms with Crippen LogP contribution in [-0.4, -0.2) is 6.47 Å². The summed E-state index contributed by atoms with van der Waals surface area (Å²) in [4.78, 5) is 10.7. The van der Waals surface area contributed by atoms with Gasteiger partial charge in [0.15, 0.2) is 0 Å². The normalized spacial score (nSPS) is 16.5. The number of ether oxygens (including phenoxy) is 1. The Labute approximate surface area is 151 Å². The molecule has 26 heavy (non-hydrogen) atoms. The molecule has 1 aromatic heterocycles. The van der Waals surface area contributed by atoms with Gasteiger partial charge in [-0.25, -0.2) is 0 Å². The van der Waals surface area contributed by atoms with Gasteiger partial charge in [-0.05, 0) is 63.9 Å². The number of aryl methyl sites for hydroxylation is 1. The summed E-state index contributed by atoms with van der Waals surface area (Å²) in [5, 5.41) is 5.28. The van der Waals surface area contributed by atoms with Crippen LogP contribution in [0.4, 0.5) is 0 Å². The third-order valence-electron chi connectivity index (χ3n) is 5.60. The highest BCUT2D eigenvalue weighted by Crippen LogP contribution is 2.40. The zero-order valence-corrected chi connectivity index (χ0v) is 14.3. The SMILES string of the molecule is O=COc1occc1C1CCc2c(ccc3c2ccc2ccccc23)C1. The van der Waals surface area contributed by atoms with Gasteiger partial charge in [0, 0.05) is 5.56 Å². The van der Waals surface area contributed by atoms with Gasteiger partial charge in [0.05, 0.1) is 6.26 Å². The Hall–Kier alpha value is -3.07. The van der Waals surface area contributed by atoms with E-state index < -0.39 is 0 Å². The molecular weight excluding hydrogens is 324 g/mol. The topological polar surface area (TPSA) is 39.4 Å². The van der Waals surface area contributed by atoms with Crippen molar-refractivity contribution < 1.29 is 13.9 Å². The Kier molecular flexibility index (Phi) is 3.52. The fourth-order valence-corrected chi connectivity index (χ4v) is 4.38. The van der Waals surface area contributed by atoms with Gasteiger partial charge >= 0.3 is 6.47 Å². The fraction of sp³-hybridized carbons (Fsp3) is 0.174. The van der Waals surface area contributed by atoms with E-state index in [1.54, 1.807) is 6.26 Å². The molecule has 0 bridgehead atoms. The molecule has 1 unspecified atom stereocenters. The number of fused-ring (bicyclic) bond motifs is 5. The molecular formula is C23H18O3. The molecule has 0 amide bonds. The van der Waals surface area contributed by atoms with Gasteiger partial charge in [-0.2, -0.15) is 0 Å². The minimum absolute atomic E-state index is 0.314. The second kappa shape index (κ2) is 6.03. The molecule has 3 nitrogen and oxygen atoms in total. The first-order valence-corrected chi connectivity index (χ1v) is 8.95. The van der Waals surface area contributed by atoms with Crippen molar-refractivity contribution in [3.8, 4) is 5.95 Å². The van der Waals surface area contributed by atoms with Gasteiger partial charge in [0.2, 0.25) is 0 Å². The molecule has 0 aliphatic heterocycles. The highest BCUT2D eigenvalue weighted by atomic mass is 16.6. The molecule has 0 N–H and O–H groups in total. The van der Waals surface area contributed by atoms with Crippen LogP contribution in [0.2, 0.25) is 0 Å². The van der Waals surface area contributed by atoms with Crippen molar-refractivity contribution in [1.82, 2.24) is 0 Å². The van der Waals surface area contributed by atoms with Crippen LogP contribution in [0.3, 0.4) is 0 Å². The Morgan fingerprint density at radius 3 is 2.77 bits per heavy atom. The Morgan fingerprint density at radius 1 is 0.962 bits per heavy atom. The van der Waals surface area contributed by atoms with Crippen molar-refractivity contribution >= 4 is 28.0 Å². The number of hydrogen-bond donors (Lipinski definition) is 0. The molecule has 1 atom stereocenters. The second-order valence-electron chi connectivity index (χ2n) is 6.90. The van der Waals surface area contributed by atoms with Crippen molar-refractivity contribution in [2.75, 3.05) is 0 Å². The quantitative estimate of drug-likeness (QED) is 0.370. The summed E-state index contributed by atoms with van der Waals surface area (Å²) in [6.07, 6.45) is 4.57. The van der Waals surface area contributed by atoms with E-state index in [-0.39, 0.29) is 0 Å². The van der Waals surface area contributed by atoms with Crippen molar-refractivity contribution in [2.45, 2.75) is 25.2 Å². The van der Waals surface area contributed by atoms with Crippen LogP contribution in [0.25, 0.3) is 21.5 Å². The summed E-state index contributed by atoms with van der Waals surface area (Å²) in [5.74, 6) is 0.648. The molecule has 128 valence electrons. The number of carbonyl (C=O) groups excluding carboxylic acids is 1. The van der Waals surface area contributed by atoms with Gasteiger partial charge < -0.3 is 9.15 Å². The first-order valence-electron chi connectivity index (χ1n) is 8.95. The molecule has 1 aliphatic carbocycles. The monoisotopic (exact) mass is 342 g/mol. The molecule has 3 aromatic carbocycles. The predicted molar refractivity (Wildman–Crippen MR) is 102 cm³/mol. The van der Waals surface area contributed by atoms with Crippen LogP contribution < -0.4 is 4.74 Å². The number of rotatable bonds is 3. The molecule has 0 radical (unpaired) electrons. The number of benzene rings is 3. The van der Waals surface area contributed by atoms with Crippen molar-refractivity contribution in [1.29, 1.82) is 0 Å². The molecule has 3 heteroatoms. The van der Waals surface area contributed by atoms with Crippen molar-refractivity contribution in [2.24, 2.45) is 0 Å². The summed E-state index contributed by atoms with van der Waals surface area (Å²) in [6.45, 7) is 0.428. The Balaban J connectivity index is 1.58. The lowest BCUT2D eigenvalue weighted by Crippen LogP contribution is -2.13. The van der Waals surface area contributed by atoms with E-state index in [2.05, 4.69) is 48.5 Å². The molecule has 1 heterocycles. The fourth-order valence-electron chi connectivity index (χ4n) is 4.38. The first-order chi connectivity index (χ1) is 12.8. The lowest BCUT2D eigenvalue weighted by molar-refractivity contribution is -0.121. The zero-order valence-electron chi connectivity index (χ0n) is 14.3. The lowest BCUT2D eigenvalue weighted by Gasteiger charge is -2.25. The van der Waals surface area contributed by atoms with E-state index in [1.165, 1.54) is 32.7 Å². The van der Waals surface area contributed by atoms with E-state index in [9.17, 15) is 4.79 Å². The summed E-state index contributed by atoms with van der Waals surface area (Å²) in [5.41, 5.74) is 3.81. The summed E-state index contributed by atoms with van der Waals surface area (Å²) in [6, 6.07) is 19.5. The maximum atomic E-state index is 10.7. The third-order valence-corrected chi connectivity index (χ3v) is 5.60. The molecule has 1 aliphatic rings. The van der Waals surface area contributed by atoms with Gasteiger partial charge in [-0.3, -0.25) is 4.79 Å². The van der Waals surface area contributed by atoms with Crippen molar-refractivity contribution in [3.05, 3.63) is 77.6 Å². The van der Waals surface area contributed by atoms with Crippen LogP contribution in [-0.2, 0) is 17.6 Å². The molecule has 0 saturated carbocycles. The molecule has 0 saturated heterocycles. The minimum atomic E-state index is 0.314. The largest absolute Gasteiger partial charge is 0.434 e. The standard InChI is InChI=1S/C23H18O3/c24-14-26-23-20(11-12-25-23)17-6-8-19-16(13-17)7-10-21-18-4-2-1-3-15(18)5-9-22(19)21/h1-5,7,9-12,14,17H,6,8,13H2. The highest BCUT2D eigenvalue weighted by molar-refractivity contribution is 6.08. The van der Waals surface area contributed by atoms with Crippen molar-refractivity contribution in [3.63, 3.8) is 0 Å². The number of hydrogen-bond acceptors (Lipinski definition) is 3. The zero-order chi connectivity index (χ0) is 17.5. The summed E-state index contributed by atoms with van der Waals surface area (Å²) in [7, 11) is 0. The van der Waals surface area contributed by atoms with E-state index in [1.807, 2.05) is 6.07 Å². The van der Waals surface area contributed by atoms with E-state index in [0.29, 0.717) is 18.3 Å². The van der Waals surface area contributed by atoms with Gasteiger partial charge in [-0.15, -0.1) is 0 Å². The third kappa shape index (κ3) is 2.31. The van der Waals surface area contributed by atoms with Crippen LogP contribution >= 0.6 is 0 Å². The van der Waals surface area contributed by atoms with Crippen LogP contribution in [0.5, 0.6) is 5.95 Å². The van der Waals surface area contributed by atoms with Crippen LogP contribution in [0.1, 0.15) is 29.0 Å². The Bertz CT molecular complexity index is 1120. The van der Waals surface area contributed by atoms with E-state index >= 15 is 0 Å². The maximum Gasteiger partial charge on any atom is 0.300 e. The molecule has 5 rings (SSSR count). The molecule has 0 fully saturated rings. The van der Waals surface area contributed by atoms with E-state index in [0.717, 1.165) is 24.8 Å². The Morgan fingerprint density at radius 2 is 1.85 bits per heavy atom. The average Bonchev–Trinajstić information content (AvgIpc) is 3.15. The predicted octanol–water partition coefficient (Wildman–Crippen LogP) is 5.39. The van der Waals surface area contributed by atoms with Crippen LogP contribution in [0, 0.1) is 0 Å². The molecule has 0 spiro atoms.